The summed E-state index contributed by atoms with van der Waals surface area (Å²) >= 11 is 0. The number of aryl methyl sites for hydroxylation is 1. The van der Waals surface area contributed by atoms with E-state index in [-0.39, 0.29) is 55.2 Å². The van der Waals surface area contributed by atoms with Gasteiger partial charge in [-0.1, -0.05) is 30.3 Å². The Morgan fingerprint density at radius 3 is 2.23 bits per heavy atom. The van der Waals surface area contributed by atoms with Crippen molar-refractivity contribution in [3.05, 3.63) is 72.7 Å². The van der Waals surface area contributed by atoms with Gasteiger partial charge in [-0.2, -0.15) is 4.98 Å². The summed E-state index contributed by atoms with van der Waals surface area (Å²) in [6.07, 6.45) is -0.0928. The molecule has 4 aromatic rings. The van der Waals surface area contributed by atoms with Crippen LogP contribution in [0.1, 0.15) is 25.0 Å². The Morgan fingerprint density at radius 2 is 1.61 bits per heavy atom. The number of nitrogens with zero attached hydrogens (tertiary/aromatic N) is 5. The number of rotatable bonds is 6. The van der Waals surface area contributed by atoms with Crippen LogP contribution in [0, 0.1) is 0 Å². The quantitative estimate of drug-likeness (QED) is 0.458. The number of hydrogen-bond donors (Lipinski definition) is 2. The Hall–Kier alpha value is -3.66. The molecule has 0 bridgehead atoms. The second kappa shape index (κ2) is 7.88. The van der Waals surface area contributed by atoms with E-state index in [1.807, 2.05) is 30.3 Å². The first-order valence-corrected chi connectivity index (χ1v) is 10.1. The van der Waals surface area contributed by atoms with Crippen molar-refractivity contribution in [2.75, 3.05) is 6.61 Å². The van der Waals surface area contributed by atoms with Crippen LogP contribution in [0.15, 0.2) is 44.7 Å². The second-order valence-corrected chi connectivity index (χ2v) is 7.15. The lowest BCUT2D eigenvalue weighted by Gasteiger charge is -2.13. The monoisotopic (exact) mass is 425 g/mol. The molecule has 10 heteroatoms. The molecule has 3 aromatic heterocycles. The van der Waals surface area contributed by atoms with E-state index in [0.717, 1.165) is 10.1 Å². The van der Waals surface area contributed by atoms with E-state index in [1.54, 1.807) is 13.8 Å². The fraction of sp³-hybridized carbons (Fsp3) is 0.333. The average molecular weight is 425 g/mol. The molecule has 3 heterocycles. The molecule has 10 nitrogen and oxygen atoms in total. The summed E-state index contributed by atoms with van der Waals surface area (Å²) in [6.45, 7) is 3.62. The highest BCUT2D eigenvalue weighted by Gasteiger charge is 2.24. The van der Waals surface area contributed by atoms with Crippen LogP contribution >= 0.6 is 0 Å². The van der Waals surface area contributed by atoms with E-state index in [1.165, 1.54) is 13.5 Å². The first kappa shape index (κ1) is 20.6. The van der Waals surface area contributed by atoms with Gasteiger partial charge in [0, 0.05) is 26.1 Å². The number of benzene rings is 1. The standard InChI is InChI=1S/C21H23N5O5/c1-3-23-16-15(19(30)24(4-2)21(23)31)26-18(29)14(10-11-27)17(28)25(20(26)22-16)12-13-8-6-5-7-9-13/h5-9,27,29H,3-4,10-12H2,1-2H3. The molecule has 0 amide bonds. The Kier molecular flexibility index (Phi) is 5.24. The molecule has 0 spiro atoms. The smallest absolute Gasteiger partial charge is 0.332 e. The van der Waals surface area contributed by atoms with Crippen molar-refractivity contribution in [1.82, 2.24) is 23.1 Å². The summed E-state index contributed by atoms with van der Waals surface area (Å²) in [6, 6.07) is 9.21. The molecule has 162 valence electrons. The molecule has 0 radical (unpaired) electrons. The van der Waals surface area contributed by atoms with Crippen molar-refractivity contribution < 1.29 is 10.2 Å². The summed E-state index contributed by atoms with van der Waals surface area (Å²) in [7, 11) is 0. The van der Waals surface area contributed by atoms with E-state index < -0.39 is 22.7 Å². The fourth-order valence-electron chi connectivity index (χ4n) is 3.90. The lowest BCUT2D eigenvalue weighted by molar-refractivity contribution is 0.295. The first-order chi connectivity index (χ1) is 14.9. The molecule has 2 N–H and O–H groups in total. The minimum atomic E-state index is -0.602. The molecule has 0 atom stereocenters. The van der Waals surface area contributed by atoms with Crippen LogP contribution in [0.2, 0.25) is 0 Å². The fourth-order valence-corrected chi connectivity index (χ4v) is 3.90. The number of fused-ring (bicyclic) bond motifs is 3. The molecule has 31 heavy (non-hydrogen) atoms. The van der Waals surface area contributed by atoms with Gasteiger partial charge in [-0.3, -0.25) is 23.3 Å². The summed E-state index contributed by atoms with van der Waals surface area (Å²) in [4.78, 5) is 43.5. The number of hydrogen-bond acceptors (Lipinski definition) is 6. The summed E-state index contributed by atoms with van der Waals surface area (Å²) in [5.41, 5.74) is -0.719. The van der Waals surface area contributed by atoms with Crippen LogP contribution in [-0.4, -0.2) is 39.9 Å². The number of aromatic hydroxyl groups is 1. The van der Waals surface area contributed by atoms with Crippen LogP contribution in [-0.2, 0) is 26.1 Å². The Bertz CT molecular complexity index is 1460. The molecule has 0 aliphatic heterocycles. The van der Waals surface area contributed by atoms with Crippen LogP contribution < -0.4 is 16.8 Å². The molecule has 4 rings (SSSR count). The zero-order valence-electron chi connectivity index (χ0n) is 17.3. The SMILES string of the molecule is CCn1c(=O)c2c(nc3n(Cc4ccccc4)c(=O)c(CCO)c(O)n23)n(CC)c1=O. The average Bonchev–Trinajstić information content (AvgIpc) is 3.16. The number of aliphatic hydroxyl groups is 1. The van der Waals surface area contributed by atoms with Crippen molar-refractivity contribution in [3.8, 4) is 5.88 Å². The molecule has 1 aromatic carbocycles. The lowest BCUT2D eigenvalue weighted by Crippen LogP contribution is -2.39. The summed E-state index contributed by atoms with van der Waals surface area (Å²) in [5, 5.41) is 20.4. The minimum absolute atomic E-state index is 0.0109. The van der Waals surface area contributed by atoms with E-state index in [2.05, 4.69) is 4.98 Å². The molecule has 0 aliphatic carbocycles. The minimum Gasteiger partial charge on any atom is -0.494 e. The van der Waals surface area contributed by atoms with Crippen molar-refractivity contribution in [1.29, 1.82) is 0 Å². The predicted molar refractivity (Wildman–Crippen MR) is 115 cm³/mol. The van der Waals surface area contributed by atoms with Crippen molar-refractivity contribution in [3.63, 3.8) is 0 Å². The maximum absolute atomic E-state index is 13.2. The van der Waals surface area contributed by atoms with Gasteiger partial charge in [0.05, 0.1) is 12.1 Å². The second-order valence-electron chi connectivity index (χ2n) is 7.15. The highest BCUT2D eigenvalue weighted by Crippen LogP contribution is 2.22. The highest BCUT2D eigenvalue weighted by molar-refractivity contribution is 5.76. The van der Waals surface area contributed by atoms with Crippen LogP contribution in [0.3, 0.4) is 0 Å². The predicted octanol–water partition coefficient (Wildman–Crippen LogP) is 0.301. The van der Waals surface area contributed by atoms with Crippen molar-refractivity contribution >= 4 is 16.9 Å². The van der Waals surface area contributed by atoms with Gasteiger partial charge in [0.2, 0.25) is 11.7 Å². The first-order valence-electron chi connectivity index (χ1n) is 10.1. The molecule has 0 aliphatic rings. The largest absolute Gasteiger partial charge is 0.494 e. The number of aliphatic hydroxyl groups excluding tert-OH is 1. The zero-order valence-corrected chi connectivity index (χ0v) is 17.3. The van der Waals surface area contributed by atoms with E-state index >= 15 is 0 Å². The molecular weight excluding hydrogens is 402 g/mol. The molecule has 0 saturated carbocycles. The molecule has 0 fully saturated rings. The van der Waals surface area contributed by atoms with Gasteiger partial charge < -0.3 is 10.2 Å². The Balaban J connectivity index is 2.22. The van der Waals surface area contributed by atoms with E-state index in [0.29, 0.717) is 0 Å². The molecule has 0 saturated heterocycles. The van der Waals surface area contributed by atoms with E-state index in [9.17, 15) is 24.6 Å². The van der Waals surface area contributed by atoms with Gasteiger partial charge in [0.1, 0.15) is 0 Å². The third-order valence-electron chi connectivity index (χ3n) is 5.41. The van der Waals surface area contributed by atoms with Gasteiger partial charge >= 0.3 is 5.69 Å². The maximum Gasteiger partial charge on any atom is 0.332 e. The van der Waals surface area contributed by atoms with Crippen molar-refractivity contribution in [2.24, 2.45) is 0 Å². The topological polar surface area (TPSA) is 124 Å². The number of imidazole rings is 1. The molecule has 0 unspecified atom stereocenters. The third-order valence-corrected chi connectivity index (χ3v) is 5.41. The third kappa shape index (κ3) is 3.07. The van der Waals surface area contributed by atoms with Crippen LogP contribution in [0.25, 0.3) is 16.9 Å². The highest BCUT2D eigenvalue weighted by atomic mass is 16.3. The van der Waals surface area contributed by atoms with Crippen LogP contribution in [0.5, 0.6) is 5.88 Å². The van der Waals surface area contributed by atoms with Gasteiger partial charge in [-0.05, 0) is 19.4 Å². The Labute approximate surface area is 175 Å². The van der Waals surface area contributed by atoms with Gasteiger partial charge in [0.25, 0.3) is 11.1 Å². The lowest BCUT2D eigenvalue weighted by atomic mass is 10.2. The zero-order chi connectivity index (χ0) is 22.3. The molecular formula is C21H23N5O5. The van der Waals surface area contributed by atoms with Crippen LogP contribution in [0.4, 0.5) is 0 Å². The van der Waals surface area contributed by atoms with Crippen molar-refractivity contribution in [2.45, 2.75) is 39.9 Å². The van der Waals surface area contributed by atoms with Gasteiger partial charge in [-0.15, -0.1) is 0 Å². The van der Waals surface area contributed by atoms with E-state index in [4.69, 9.17) is 0 Å². The van der Waals surface area contributed by atoms with Gasteiger partial charge in [0.15, 0.2) is 11.2 Å². The number of aromatic nitrogens is 5. The Morgan fingerprint density at radius 1 is 0.935 bits per heavy atom. The summed E-state index contributed by atoms with van der Waals surface area (Å²) in [5.74, 6) is -0.405. The normalized spacial score (nSPS) is 11.6. The summed E-state index contributed by atoms with van der Waals surface area (Å²) < 4.78 is 4.97. The maximum atomic E-state index is 13.2. The van der Waals surface area contributed by atoms with Gasteiger partial charge in [-0.25, -0.2) is 9.20 Å².